The highest BCUT2D eigenvalue weighted by Gasteiger charge is 2.18. The minimum Gasteiger partial charge on any atom is -0.322 e. The van der Waals surface area contributed by atoms with Crippen LogP contribution < -0.4 is 5.73 Å². The third-order valence-corrected chi connectivity index (χ3v) is 3.60. The second-order valence-electron chi connectivity index (χ2n) is 4.35. The maximum atomic E-state index is 6.28. The second kappa shape index (κ2) is 5.12. The summed E-state index contributed by atoms with van der Waals surface area (Å²) in [6.07, 6.45) is 2.41. The topological polar surface area (TPSA) is 61.7 Å². The number of rotatable bonds is 4. The molecule has 2 rings (SSSR count). The molecule has 18 heavy (non-hydrogen) atoms. The van der Waals surface area contributed by atoms with Gasteiger partial charge in [-0.15, -0.1) is 0 Å². The van der Waals surface area contributed by atoms with Crippen LogP contribution in [0.5, 0.6) is 0 Å². The number of hydrogen-bond donors (Lipinski definition) is 1. The summed E-state index contributed by atoms with van der Waals surface area (Å²) >= 11 is 6.28. The van der Waals surface area contributed by atoms with Gasteiger partial charge in [0, 0.05) is 26.2 Å². The molecule has 0 saturated heterocycles. The van der Waals surface area contributed by atoms with Crippen LogP contribution in [0.15, 0.2) is 12.3 Å². The van der Waals surface area contributed by atoms with Gasteiger partial charge in [-0.25, -0.2) is 0 Å². The van der Waals surface area contributed by atoms with Crippen LogP contribution in [0.3, 0.4) is 0 Å². The third kappa shape index (κ3) is 2.28. The van der Waals surface area contributed by atoms with E-state index in [0.29, 0.717) is 6.42 Å². The zero-order valence-corrected chi connectivity index (χ0v) is 11.6. The molecular formula is C12H18ClN5. The molecule has 0 radical (unpaired) electrons. The van der Waals surface area contributed by atoms with Crippen LogP contribution >= 0.6 is 11.6 Å². The van der Waals surface area contributed by atoms with Gasteiger partial charge in [-0.2, -0.15) is 10.2 Å². The average Bonchev–Trinajstić information content (AvgIpc) is 2.87. The number of nitrogens with zero attached hydrogens (tertiary/aromatic N) is 4. The molecule has 0 aliphatic rings. The molecule has 0 amide bonds. The summed E-state index contributed by atoms with van der Waals surface area (Å²) in [7, 11) is 1.89. The lowest BCUT2D eigenvalue weighted by Crippen LogP contribution is -2.19. The molecule has 0 aliphatic heterocycles. The summed E-state index contributed by atoms with van der Waals surface area (Å²) in [4.78, 5) is 0. The van der Waals surface area contributed by atoms with Crippen molar-refractivity contribution in [3.05, 3.63) is 34.4 Å². The molecule has 1 unspecified atom stereocenters. The molecule has 0 bridgehead atoms. The van der Waals surface area contributed by atoms with Crippen molar-refractivity contribution in [3.63, 3.8) is 0 Å². The first kappa shape index (κ1) is 13.1. The number of aromatic nitrogens is 4. The molecule has 2 aromatic rings. The predicted octanol–water partition coefficient (Wildman–Crippen LogP) is 1.84. The van der Waals surface area contributed by atoms with Crippen LogP contribution in [0.4, 0.5) is 0 Å². The summed E-state index contributed by atoms with van der Waals surface area (Å²) in [5.41, 5.74) is 9.05. The number of halogens is 1. The molecule has 0 spiro atoms. The van der Waals surface area contributed by atoms with Gasteiger partial charge >= 0.3 is 0 Å². The van der Waals surface area contributed by atoms with E-state index in [1.54, 1.807) is 10.9 Å². The van der Waals surface area contributed by atoms with Crippen LogP contribution in [0.2, 0.25) is 5.02 Å². The zero-order chi connectivity index (χ0) is 13.3. The molecule has 98 valence electrons. The van der Waals surface area contributed by atoms with Gasteiger partial charge in [0.25, 0.3) is 0 Å². The Hall–Kier alpha value is -1.33. The fourth-order valence-corrected chi connectivity index (χ4v) is 2.34. The molecule has 1 atom stereocenters. The zero-order valence-electron chi connectivity index (χ0n) is 10.9. The van der Waals surface area contributed by atoms with Gasteiger partial charge in [-0.3, -0.25) is 9.36 Å². The lowest BCUT2D eigenvalue weighted by atomic mass is 10.1. The smallest absolute Gasteiger partial charge is 0.0847 e. The molecule has 6 heteroatoms. The van der Waals surface area contributed by atoms with Gasteiger partial charge in [0.15, 0.2) is 0 Å². The Morgan fingerprint density at radius 3 is 2.78 bits per heavy atom. The van der Waals surface area contributed by atoms with E-state index in [-0.39, 0.29) is 6.04 Å². The molecule has 0 saturated carbocycles. The number of nitrogens with two attached hydrogens (primary N) is 1. The molecule has 5 nitrogen and oxygen atoms in total. The van der Waals surface area contributed by atoms with Crippen molar-refractivity contribution in [3.8, 4) is 0 Å². The van der Waals surface area contributed by atoms with Crippen LogP contribution in [-0.4, -0.2) is 19.6 Å². The van der Waals surface area contributed by atoms with Gasteiger partial charge in [-0.1, -0.05) is 11.6 Å². The van der Waals surface area contributed by atoms with Crippen LogP contribution in [0, 0.1) is 6.92 Å². The van der Waals surface area contributed by atoms with Gasteiger partial charge in [0.1, 0.15) is 0 Å². The first-order chi connectivity index (χ1) is 8.54. The van der Waals surface area contributed by atoms with Crippen molar-refractivity contribution in [2.75, 3.05) is 0 Å². The highest BCUT2D eigenvalue weighted by atomic mass is 35.5. The monoisotopic (exact) mass is 267 g/mol. The quantitative estimate of drug-likeness (QED) is 0.919. The van der Waals surface area contributed by atoms with E-state index < -0.39 is 0 Å². The Labute approximate surface area is 112 Å². The summed E-state index contributed by atoms with van der Waals surface area (Å²) < 4.78 is 3.70. The van der Waals surface area contributed by atoms with E-state index in [2.05, 4.69) is 10.2 Å². The summed E-state index contributed by atoms with van der Waals surface area (Å²) in [6.45, 7) is 4.75. The van der Waals surface area contributed by atoms with Crippen molar-refractivity contribution in [2.24, 2.45) is 12.8 Å². The maximum absolute atomic E-state index is 6.28. The summed E-state index contributed by atoms with van der Waals surface area (Å²) in [5.74, 6) is 0. The van der Waals surface area contributed by atoms with E-state index >= 15 is 0 Å². The first-order valence-corrected chi connectivity index (χ1v) is 6.37. The molecule has 2 heterocycles. The molecule has 2 N–H and O–H groups in total. The molecule has 0 aromatic carbocycles. The maximum Gasteiger partial charge on any atom is 0.0847 e. The minimum atomic E-state index is -0.128. The highest BCUT2D eigenvalue weighted by Crippen LogP contribution is 2.24. The largest absolute Gasteiger partial charge is 0.322 e. The lowest BCUT2D eigenvalue weighted by molar-refractivity contribution is 0.563. The Kier molecular flexibility index (Phi) is 3.73. The van der Waals surface area contributed by atoms with Gasteiger partial charge in [-0.05, 0) is 19.9 Å². The van der Waals surface area contributed by atoms with E-state index in [9.17, 15) is 0 Å². The minimum absolute atomic E-state index is 0.128. The Morgan fingerprint density at radius 2 is 2.22 bits per heavy atom. The highest BCUT2D eigenvalue weighted by molar-refractivity contribution is 6.31. The van der Waals surface area contributed by atoms with Crippen molar-refractivity contribution < 1.29 is 0 Å². The van der Waals surface area contributed by atoms with Crippen molar-refractivity contribution in [1.82, 2.24) is 19.6 Å². The second-order valence-corrected chi connectivity index (χ2v) is 4.73. The Bertz CT molecular complexity index is 543. The van der Waals surface area contributed by atoms with Crippen molar-refractivity contribution >= 4 is 11.6 Å². The number of aryl methyl sites for hydroxylation is 3. The van der Waals surface area contributed by atoms with E-state index in [0.717, 1.165) is 28.6 Å². The van der Waals surface area contributed by atoms with E-state index in [1.807, 2.05) is 31.6 Å². The average molecular weight is 268 g/mol. The Balaban J connectivity index is 2.27. The SMILES string of the molecule is CCn1nc(C)c(Cl)c1CC(N)c1ccnn1C. The molecule has 0 aliphatic carbocycles. The first-order valence-electron chi connectivity index (χ1n) is 5.99. The van der Waals surface area contributed by atoms with Crippen LogP contribution in [0.25, 0.3) is 0 Å². The fourth-order valence-electron chi connectivity index (χ4n) is 2.12. The summed E-state index contributed by atoms with van der Waals surface area (Å²) in [6, 6.07) is 1.80. The third-order valence-electron chi connectivity index (χ3n) is 3.10. The number of hydrogen-bond acceptors (Lipinski definition) is 3. The van der Waals surface area contributed by atoms with Crippen molar-refractivity contribution in [1.29, 1.82) is 0 Å². The van der Waals surface area contributed by atoms with E-state index in [4.69, 9.17) is 17.3 Å². The van der Waals surface area contributed by atoms with Gasteiger partial charge in [0.2, 0.25) is 0 Å². The predicted molar refractivity (Wildman–Crippen MR) is 71.5 cm³/mol. The lowest BCUT2D eigenvalue weighted by Gasteiger charge is -2.13. The Morgan fingerprint density at radius 1 is 1.50 bits per heavy atom. The van der Waals surface area contributed by atoms with Gasteiger partial charge < -0.3 is 5.73 Å². The van der Waals surface area contributed by atoms with Gasteiger partial charge in [0.05, 0.1) is 28.1 Å². The fraction of sp³-hybridized carbons (Fsp3) is 0.500. The molecule has 2 aromatic heterocycles. The van der Waals surface area contributed by atoms with Crippen molar-refractivity contribution in [2.45, 2.75) is 32.9 Å². The van der Waals surface area contributed by atoms with Crippen LogP contribution in [0.1, 0.15) is 30.0 Å². The standard InChI is InChI=1S/C12H18ClN5/c1-4-18-11(12(13)8(2)16-18)7-9(14)10-5-6-15-17(10)3/h5-6,9H,4,7,14H2,1-3H3. The van der Waals surface area contributed by atoms with Crippen LogP contribution in [-0.2, 0) is 20.0 Å². The van der Waals surface area contributed by atoms with E-state index in [1.165, 1.54) is 0 Å². The molecular weight excluding hydrogens is 250 g/mol. The summed E-state index contributed by atoms with van der Waals surface area (Å²) in [5, 5.41) is 9.24. The molecule has 0 fully saturated rings. The normalized spacial score (nSPS) is 12.9.